The van der Waals surface area contributed by atoms with E-state index in [9.17, 15) is 4.79 Å². The van der Waals surface area contributed by atoms with Crippen LogP contribution in [0.25, 0.3) is 11.2 Å². The molecule has 2 aromatic heterocycles. The van der Waals surface area contributed by atoms with Crippen LogP contribution in [-0.4, -0.2) is 57.5 Å². The second kappa shape index (κ2) is 4.57. The first-order valence-corrected chi connectivity index (χ1v) is 5.62. The lowest BCUT2D eigenvalue weighted by molar-refractivity contribution is 0.0701. The molecule has 0 atom stereocenters. The van der Waals surface area contributed by atoms with Gasteiger partial charge in [0.1, 0.15) is 0 Å². The first kappa shape index (κ1) is 10.9. The van der Waals surface area contributed by atoms with Crippen LogP contribution in [0.4, 0.5) is 5.95 Å². The summed E-state index contributed by atoms with van der Waals surface area (Å²) < 4.78 is 5.23. The Balaban J connectivity index is 1.85. The lowest BCUT2D eigenvalue weighted by atomic mass is 10.5. The van der Waals surface area contributed by atoms with E-state index in [4.69, 9.17) is 4.74 Å². The Kier molecular flexibility index (Phi) is 2.77. The van der Waals surface area contributed by atoms with Crippen molar-refractivity contribution < 1.29 is 4.74 Å². The number of nitrogens with zero attached hydrogens (tertiary/aromatic N) is 4. The number of nitrogens with one attached hydrogen (secondary N) is 2. The molecule has 0 aliphatic carbocycles. The van der Waals surface area contributed by atoms with Crippen LogP contribution in [0, 0.1) is 0 Å². The van der Waals surface area contributed by atoms with E-state index in [2.05, 4.69) is 24.9 Å². The highest BCUT2D eigenvalue weighted by molar-refractivity contribution is 5.70. The van der Waals surface area contributed by atoms with E-state index in [1.165, 1.54) is 6.33 Å². The standard InChI is InChI=1S/C10H12N6O2/c17-9-7-8(12-5-11-7)14-10(15-9)13-6-16-1-3-18-4-2-16/h5-6H,1-4H2,(H2,11,12,14,15,17)/b13-6+. The van der Waals surface area contributed by atoms with Crippen LogP contribution in [0.2, 0.25) is 0 Å². The predicted octanol–water partition coefficient (Wildman–Crippen LogP) is -0.362. The largest absolute Gasteiger partial charge is 0.378 e. The fraction of sp³-hybridized carbons (Fsp3) is 0.400. The number of fused-ring (bicyclic) bond motifs is 1. The average molecular weight is 248 g/mol. The molecule has 8 nitrogen and oxygen atoms in total. The number of hydrogen-bond acceptors (Lipinski definition) is 5. The fourth-order valence-corrected chi connectivity index (χ4v) is 1.72. The second-order valence-electron chi connectivity index (χ2n) is 3.88. The SMILES string of the molecule is O=c1[nH]c(/N=C/N2CCOCC2)nc2nc[nH]c12. The predicted molar refractivity (Wildman–Crippen MR) is 65.1 cm³/mol. The minimum Gasteiger partial charge on any atom is -0.378 e. The van der Waals surface area contributed by atoms with Crippen LogP contribution in [0.15, 0.2) is 16.1 Å². The number of rotatable bonds is 2. The minimum absolute atomic E-state index is 0.256. The molecule has 0 amide bonds. The van der Waals surface area contributed by atoms with E-state index < -0.39 is 0 Å². The topological polar surface area (TPSA) is 99.3 Å². The zero-order valence-electron chi connectivity index (χ0n) is 9.59. The van der Waals surface area contributed by atoms with Gasteiger partial charge in [-0.15, -0.1) is 0 Å². The lowest BCUT2D eigenvalue weighted by Crippen LogP contribution is -2.35. The summed E-state index contributed by atoms with van der Waals surface area (Å²) in [6.07, 6.45) is 3.10. The Morgan fingerprint density at radius 2 is 2.28 bits per heavy atom. The first-order chi connectivity index (χ1) is 8.83. The molecule has 94 valence electrons. The molecule has 2 aromatic rings. The van der Waals surface area contributed by atoms with Gasteiger partial charge in [0.15, 0.2) is 11.2 Å². The van der Waals surface area contributed by atoms with Gasteiger partial charge >= 0.3 is 0 Å². The maximum absolute atomic E-state index is 11.6. The van der Waals surface area contributed by atoms with E-state index in [0.717, 1.165) is 13.1 Å². The summed E-state index contributed by atoms with van der Waals surface area (Å²) in [7, 11) is 0. The highest BCUT2D eigenvalue weighted by atomic mass is 16.5. The fourth-order valence-electron chi connectivity index (χ4n) is 1.72. The molecule has 0 spiro atoms. The number of aromatic nitrogens is 4. The molecule has 0 unspecified atom stereocenters. The van der Waals surface area contributed by atoms with Gasteiger partial charge in [-0.2, -0.15) is 4.98 Å². The van der Waals surface area contributed by atoms with Gasteiger partial charge in [0.05, 0.1) is 25.9 Å². The first-order valence-electron chi connectivity index (χ1n) is 5.62. The molecule has 1 saturated heterocycles. The Hall–Kier alpha value is -2.22. The van der Waals surface area contributed by atoms with Crippen LogP contribution >= 0.6 is 0 Å². The van der Waals surface area contributed by atoms with Gasteiger partial charge in [0.25, 0.3) is 5.56 Å². The molecule has 3 rings (SSSR count). The molecule has 8 heteroatoms. The number of aliphatic imine (C=N–C) groups is 1. The van der Waals surface area contributed by atoms with E-state index in [1.54, 1.807) is 6.34 Å². The molecule has 0 aromatic carbocycles. The molecule has 3 heterocycles. The quantitative estimate of drug-likeness (QED) is 0.558. The minimum atomic E-state index is -0.272. The van der Waals surface area contributed by atoms with Crippen molar-refractivity contribution in [2.45, 2.75) is 0 Å². The molecule has 1 aliphatic rings. The van der Waals surface area contributed by atoms with Gasteiger partial charge in [0, 0.05) is 13.1 Å². The van der Waals surface area contributed by atoms with E-state index >= 15 is 0 Å². The monoisotopic (exact) mass is 248 g/mol. The molecule has 18 heavy (non-hydrogen) atoms. The maximum atomic E-state index is 11.6. The van der Waals surface area contributed by atoms with Gasteiger partial charge in [0.2, 0.25) is 5.95 Å². The molecular weight excluding hydrogens is 236 g/mol. The molecule has 0 saturated carbocycles. The molecular formula is C10H12N6O2. The van der Waals surface area contributed by atoms with Crippen molar-refractivity contribution in [3.63, 3.8) is 0 Å². The summed E-state index contributed by atoms with van der Waals surface area (Å²) in [6.45, 7) is 2.96. The van der Waals surface area contributed by atoms with Gasteiger partial charge in [-0.1, -0.05) is 0 Å². The number of ether oxygens (including phenoxy) is 1. The average Bonchev–Trinajstić information content (AvgIpc) is 2.86. The molecule has 0 radical (unpaired) electrons. The number of imidazole rings is 1. The van der Waals surface area contributed by atoms with Crippen molar-refractivity contribution in [1.82, 2.24) is 24.8 Å². The van der Waals surface area contributed by atoms with Crippen molar-refractivity contribution in [3.05, 3.63) is 16.7 Å². The zero-order valence-corrected chi connectivity index (χ0v) is 9.59. The van der Waals surface area contributed by atoms with Gasteiger partial charge < -0.3 is 14.6 Å². The third-order valence-corrected chi connectivity index (χ3v) is 2.67. The molecule has 1 fully saturated rings. The van der Waals surface area contributed by atoms with Gasteiger partial charge in [-0.05, 0) is 0 Å². The zero-order chi connectivity index (χ0) is 12.4. The van der Waals surface area contributed by atoms with Crippen molar-refractivity contribution in [1.29, 1.82) is 0 Å². The number of H-pyrrole nitrogens is 2. The van der Waals surface area contributed by atoms with Gasteiger partial charge in [-0.25, -0.2) is 9.98 Å². The summed E-state index contributed by atoms with van der Waals surface area (Å²) in [6, 6.07) is 0. The second-order valence-corrected chi connectivity index (χ2v) is 3.88. The maximum Gasteiger partial charge on any atom is 0.278 e. The summed E-state index contributed by atoms with van der Waals surface area (Å²) in [5, 5.41) is 0. The third-order valence-electron chi connectivity index (χ3n) is 2.67. The van der Waals surface area contributed by atoms with Gasteiger partial charge in [-0.3, -0.25) is 9.78 Å². The van der Waals surface area contributed by atoms with Crippen molar-refractivity contribution in [2.24, 2.45) is 4.99 Å². The Morgan fingerprint density at radius 3 is 3.11 bits per heavy atom. The highest BCUT2D eigenvalue weighted by Crippen LogP contribution is 2.05. The van der Waals surface area contributed by atoms with Crippen LogP contribution < -0.4 is 5.56 Å². The Labute approximate surface area is 102 Å². The summed E-state index contributed by atoms with van der Waals surface area (Å²) in [5.41, 5.74) is 0.458. The molecule has 1 aliphatic heterocycles. The lowest BCUT2D eigenvalue weighted by Gasteiger charge is -2.23. The number of morpholine rings is 1. The number of aromatic amines is 2. The van der Waals surface area contributed by atoms with Crippen molar-refractivity contribution in [2.75, 3.05) is 26.3 Å². The van der Waals surface area contributed by atoms with Crippen LogP contribution in [0.5, 0.6) is 0 Å². The van der Waals surface area contributed by atoms with E-state index in [1.807, 2.05) is 4.90 Å². The van der Waals surface area contributed by atoms with Crippen molar-refractivity contribution in [3.8, 4) is 0 Å². The molecule has 0 bridgehead atoms. The van der Waals surface area contributed by atoms with Crippen LogP contribution in [0.1, 0.15) is 0 Å². The summed E-state index contributed by atoms with van der Waals surface area (Å²) in [5.74, 6) is 0.256. The Morgan fingerprint density at radius 1 is 1.44 bits per heavy atom. The summed E-state index contributed by atoms with van der Waals surface area (Å²) in [4.78, 5) is 31.2. The summed E-state index contributed by atoms with van der Waals surface area (Å²) >= 11 is 0. The van der Waals surface area contributed by atoms with Crippen molar-refractivity contribution >= 4 is 23.5 Å². The smallest absolute Gasteiger partial charge is 0.278 e. The van der Waals surface area contributed by atoms with Crippen LogP contribution in [-0.2, 0) is 4.74 Å². The third kappa shape index (κ3) is 2.09. The highest BCUT2D eigenvalue weighted by Gasteiger charge is 2.07. The Bertz CT molecular complexity index is 625. The van der Waals surface area contributed by atoms with E-state index in [-0.39, 0.29) is 11.5 Å². The number of hydrogen-bond donors (Lipinski definition) is 2. The molecule has 2 N–H and O–H groups in total. The normalized spacial score (nSPS) is 16.8. The van der Waals surface area contributed by atoms with Crippen LogP contribution in [0.3, 0.4) is 0 Å². The van der Waals surface area contributed by atoms with E-state index in [0.29, 0.717) is 24.4 Å².